The molecular weight excluding hydrogens is 295 g/mol. The molecule has 1 unspecified atom stereocenters. The number of hydrogen-bond donors (Lipinski definition) is 1. The lowest BCUT2D eigenvalue weighted by Gasteiger charge is -2.33. The Balaban J connectivity index is 2.20. The smallest absolute Gasteiger partial charge is 0.393 e. The van der Waals surface area contributed by atoms with Crippen LogP contribution in [0.5, 0.6) is 0 Å². The summed E-state index contributed by atoms with van der Waals surface area (Å²) in [6, 6.07) is 1.47. The molecule has 116 valence electrons. The van der Waals surface area contributed by atoms with E-state index < -0.39 is 41.9 Å². The second kappa shape index (κ2) is 5.50. The largest absolute Gasteiger partial charge is 0.394 e. The summed E-state index contributed by atoms with van der Waals surface area (Å²) in [7, 11) is 0. The predicted molar refractivity (Wildman–Crippen MR) is 65.5 cm³/mol. The number of benzene rings is 1. The van der Waals surface area contributed by atoms with E-state index in [4.69, 9.17) is 5.73 Å². The van der Waals surface area contributed by atoms with Gasteiger partial charge in [-0.15, -0.1) is 0 Å². The summed E-state index contributed by atoms with van der Waals surface area (Å²) in [4.78, 5) is 13.0. The second-order valence-electron chi connectivity index (χ2n) is 4.99. The molecule has 1 fully saturated rings. The summed E-state index contributed by atoms with van der Waals surface area (Å²) < 4.78 is 64.7. The minimum atomic E-state index is -4.39. The van der Waals surface area contributed by atoms with Crippen molar-refractivity contribution in [2.24, 2.45) is 5.92 Å². The van der Waals surface area contributed by atoms with Crippen molar-refractivity contribution in [3.05, 3.63) is 29.3 Å². The lowest BCUT2D eigenvalue weighted by Crippen LogP contribution is -2.44. The number of rotatable bonds is 1. The molecule has 2 rings (SSSR count). The van der Waals surface area contributed by atoms with Crippen LogP contribution in [-0.4, -0.2) is 30.1 Å². The number of amides is 1. The van der Waals surface area contributed by atoms with Crippen LogP contribution in [0.2, 0.25) is 0 Å². The van der Waals surface area contributed by atoms with Gasteiger partial charge in [-0.05, 0) is 25.0 Å². The fourth-order valence-electron chi connectivity index (χ4n) is 2.32. The first-order chi connectivity index (χ1) is 9.70. The normalized spacial score (nSPS) is 19.7. The van der Waals surface area contributed by atoms with E-state index >= 15 is 0 Å². The van der Waals surface area contributed by atoms with Crippen LogP contribution in [-0.2, 0) is 0 Å². The zero-order chi connectivity index (χ0) is 15.8. The molecule has 1 aliphatic rings. The summed E-state index contributed by atoms with van der Waals surface area (Å²) in [5, 5.41) is 0. The number of carbonyl (C=O) groups excluding carboxylic acids is 1. The number of piperidine rings is 1. The Morgan fingerprint density at radius 1 is 1.24 bits per heavy atom. The molecule has 0 saturated carbocycles. The standard InChI is InChI=1S/C13H13F5N2O/c14-9-4-7(5-10(15)11(9)19)12(21)20-3-1-2-8(6-20)13(16,17)18/h4-5,8H,1-3,6,19H2. The van der Waals surface area contributed by atoms with Crippen molar-refractivity contribution < 1.29 is 26.7 Å². The Kier molecular flexibility index (Phi) is 4.06. The Morgan fingerprint density at radius 3 is 2.33 bits per heavy atom. The Bertz CT molecular complexity index is 535. The van der Waals surface area contributed by atoms with Crippen LogP contribution < -0.4 is 5.73 Å². The monoisotopic (exact) mass is 308 g/mol. The van der Waals surface area contributed by atoms with E-state index in [0.29, 0.717) is 0 Å². The van der Waals surface area contributed by atoms with Gasteiger partial charge in [-0.25, -0.2) is 8.78 Å². The highest BCUT2D eigenvalue weighted by molar-refractivity contribution is 5.94. The number of alkyl halides is 3. The van der Waals surface area contributed by atoms with Gasteiger partial charge in [-0.2, -0.15) is 13.2 Å². The lowest BCUT2D eigenvalue weighted by molar-refractivity contribution is -0.184. The highest BCUT2D eigenvalue weighted by atomic mass is 19.4. The van der Waals surface area contributed by atoms with E-state index in [9.17, 15) is 26.7 Å². The van der Waals surface area contributed by atoms with Crippen molar-refractivity contribution in [2.45, 2.75) is 19.0 Å². The van der Waals surface area contributed by atoms with Gasteiger partial charge in [-0.1, -0.05) is 0 Å². The first-order valence-electron chi connectivity index (χ1n) is 6.30. The maximum atomic E-state index is 13.3. The highest BCUT2D eigenvalue weighted by Gasteiger charge is 2.42. The van der Waals surface area contributed by atoms with Gasteiger partial charge < -0.3 is 10.6 Å². The Labute approximate surface area is 117 Å². The number of nitrogens with two attached hydrogens (primary N) is 1. The summed E-state index contributed by atoms with van der Waals surface area (Å²) in [5.74, 6) is -4.66. The molecule has 0 bridgehead atoms. The van der Waals surface area contributed by atoms with Gasteiger partial charge >= 0.3 is 6.18 Å². The third-order valence-electron chi connectivity index (χ3n) is 3.50. The lowest BCUT2D eigenvalue weighted by atomic mass is 9.97. The molecule has 3 nitrogen and oxygen atoms in total. The average molecular weight is 308 g/mol. The molecule has 1 heterocycles. The van der Waals surface area contributed by atoms with E-state index in [2.05, 4.69) is 0 Å². The number of nitrogen functional groups attached to an aromatic ring is 1. The van der Waals surface area contributed by atoms with Crippen molar-refractivity contribution in [1.29, 1.82) is 0 Å². The molecule has 1 aliphatic heterocycles. The van der Waals surface area contributed by atoms with Crippen molar-refractivity contribution in [2.75, 3.05) is 18.8 Å². The maximum absolute atomic E-state index is 13.3. The maximum Gasteiger partial charge on any atom is 0.393 e. The van der Waals surface area contributed by atoms with Crippen LogP contribution in [0.3, 0.4) is 0 Å². The summed E-state index contributed by atoms with van der Waals surface area (Å²) in [5.41, 5.74) is 4.02. The van der Waals surface area contributed by atoms with Crippen LogP contribution in [0.15, 0.2) is 12.1 Å². The number of halogens is 5. The van der Waals surface area contributed by atoms with Gasteiger partial charge in [0.05, 0.1) is 5.92 Å². The molecule has 1 aromatic carbocycles. The number of nitrogens with zero attached hydrogens (tertiary/aromatic N) is 1. The van der Waals surface area contributed by atoms with Gasteiger partial charge in [0.25, 0.3) is 5.91 Å². The third kappa shape index (κ3) is 3.25. The van der Waals surface area contributed by atoms with E-state index in [-0.39, 0.29) is 24.9 Å². The van der Waals surface area contributed by atoms with Crippen molar-refractivity contribution in [1.82, 2.24) is 4.90 Å². The van der Waals surface area contributed by atoms with E-state index in [0.717, 1.165) is 17.0 Å². The first-order valence-corrected chi connectivity index (χ1v) is 6.30. The highest BCUT2D eigenvalue weighted by Crippen LogP contribution is 2.33. The van der Waals surface area contributed by atoms with Crippen LogP contribution >= 0.6 is 0 Å². The molecule has 2 N–H and O–H groups in total. The molecule has 1 saturated heterocycles. The summed E-state index contributed by atoms with van der Waals surface area (Å²) in [6.45, 7) is -0.380. The quantitative estimate of drug-likeness (QED) is 0.640. The van der Waals surface area contributed by atoms with Crippen molar-refractivity contribution in [3.63, 3.8) is 0 Å². The molecular formula is C13H13F5N2O. The van der Waals surface area contributed by atoms with Gasteiger partial charge in [0, 0.05) is 18.7 Å². The fourth-order valence-corrected chi connectivity index (χ4v) is 2.32. The van der Waals surface area contributed by atoms with Crippen molar-refractivity contribution >= 4 is 11.6 Å². The molecule has 0 spiro atoms. The molecule has 1 atom stereocenters. The molecule has 0 radical (unpaired) electrons. The van der Waals surface area contributed by atoms with Crippen LogP contribution in [0.4, 0.5) is 27.6 Å². The summed E-state index contributed by atoms with van der Waals surface area (Å²) in [6.07, 6.45) is -4.26. The van der Waals surface area contributed by atoms with Gasteiger partial charge in [0.2, 0.25) is 0 Å². The Morgan fingerprint density at radius 2 is 1.81 bits per heavy atom. The molecule has 1 aromatic rings. The number of likely N-dealkylation sites (tertiary alicyclic amines) is 1. The molecule has 1 amide bonds. The number of carbonyl (C=O) groups is 1. The van der Waals surface area contributed by atoms with Gasteiger partial charge in [0.15, 0.2) is 0 Å². The number of hydrogen-bond acceptors (Lipinski definition) is 2. The van der Waals surface area contributed by atoms with Gasteiger partial charge in [0.1, 0.15) is 17.3 Å². The molecule has 21 heavy (non-hydrogen) atoms. The summed E-state index contributed by atoms with van der Waals surface area (Å²) >= 11 is 0. The zero-order valence-corrected chi connectivity index (χ0v) is 10.9. The minimum Gasteiger partial charge on any atom is -0.394 e. The van der Waals surface area contributed by atoms with Crippen LogP contribution in [0.25, 0.3) is 0 Å². The topological polar surface area (TPSA) is 46.3 Å². The predicted octanol–water partition coefficient (Wildman–Crippen LogP) is 2.96. The fraction of sp³-hybridized carbons (Fsp3) is 0.462. The SMILES string of the molecule is Nc1c(F)cc(C(=O)N2CCCC(C(F)(F)F)C2)cc1F. The van der Waals surface area contributed by atoms with Crippen molar-refractivity contribution in [3.8, 4) is 0 Å². The number of anilines is 1. The molecule has 0 aromatic heterocycles. The minimum absolute atomic E-state index is 0.0578. The van der Waals surface area contributed by atoms with Gasteiger partial charge in [-0.3, -0.25) is 4.79 Å². The van der Waals surface area contributed by atoms with E-state index in [1.165, 1.54) is 0 Å². The Hall–Kier alpha value is -1.86. The van der Waals surface area contributed by atoms with Crippen LogP contribution in [0, 0.1) is 17.6 Å². The van der Waals surface area contributed by atoms with E-state index in [1.807, 2.05) is 0 Å². The zero-order valence-electron chi connectivity index (χ0n) is 10.9. The molecule has 0 aliphatic carbocycles. The van der Waals surface area contributed by atoms with Crippen LogP contribution in [0.1, 0.15) is 23.2 Å². The van der Waals surface area contributed by atoms with E-state index in [1.54, 1.807) is 0 Å². The first kappa shape index (κ1) is 15.5. The third-order valence-corrected chi connectivity index (χ3v) is 3.50. The average Bonchev–Trinajstić information content (AvgIpc) is 2.42. The molecule has 8 heteroatoms. The second-order valence-corrected chi connectivity index (χ2v) is 4.99.